The average molecular weight is 438 g/mol. The highest BCUT2D eigenvalue weighted by Gasteiger charge is 2.35. The van der Waals surface area contributed by atoms with E-state index >= 15 is 0 Å². The van der Waals surface area contributed by atoms with Crippen molar-refractivity contribution in [3.05, 3.63) is 52.0 Å². The van der Waals surface area contributed by atoms with Gasteiger partial charge in [-0.3, -0.25) is 0 Å². The molecule has 2 aromatic carbocycles. The summed E-state index contributed by atoms with van der Waals surface area (Å²) in [5, 5.41) is 10.2. The molecule has 1 aliphatic heterocycles. The molecule has 0 atom stereocenters. The summed E-state index contributed by atoms with van der Waals surface area (Å²) in [6.45, 7) is 6.13. The maximum Gasteiger partial charge on any atom is 0.410 e. The molecule has 1 amide bonds. The van der Waals surface area contributed by atoms with Gasteiger partial charge >= 0.3 is 12.1 Å². The molecular weight excluding hydrogens is 417 g/mol. The number of halogens is 2. The fourth-order valence-corrected chi connectivity index (χ4v) is 3.26. The van der Waals surface area contributed by atoms with Crippen molar-refractivity contribution in [1.29, 1.82) is 0 Å². The molecule has 1 saturated heterocycles. The van der Waals surface area contributed by atoms with E-state index in [4.69, 9.17) is 32.7 Å². The molecule has 0 aromatic heterocycles. The molecule has 154 valence electrons. The molecule has 0 unspecified atom stereocenters. The first-order chi connectivity index (χ1) is 13.5. The lowest BCUT2D eigenvalue weighted by molar-refractivity contribution is -0.0221. The Morgan fingerprint density at radius 3 is 2.45 bits per heavy atom. The van der Waals surface area contributed by atoms with Crippen LogP contribution in [0.4, 0.5) is 4.79 Å². The number of hydrogen-bond donors (Lipinski definition) is 1. The fraction of sp³-hybridized carbons (Fsp3) is 0.333. The quantitative estimate of drug-likeness (QED) is 0.696. The van der Waals surface area contributed by atoms with Gasteiger partial charge in [-0.25, -0.2) is 9.59 Å². The van der Waals surface area contributed by atoms with Gasteiger partial charge in [0.05, 0.1) is 28.7 Å². The van der Waals surface area contributed by atoms with E-state index in [9.17, 15) is 14.7 Å². The average Bonchev–Trinajstić information content (AvgIpc) is 2.58. The number of benzene rings is 2. The number of carbonyl (C=O) groups is 2. The first-order valence-electron chi connectivity index (χ1n) is 9.01. The van der Waals surface area contributed by atoms with E-state index in [1.165, 1.54) is 17.0 Å². The van der Waals surface area contributed by atoms with Crippen molar-refractivity contribution in [2.75, 3.05) is 13.1 Å². The summed E-state index contributed by atoms with van der Waals surface area (Å²) in [6, 6.07) is 9.82. The van der Waals surface area contributed by atoms with Gasteiger partial charge in [0.25, 0.3) is 0 Å². The zero-order chi connectivity index (χ0) is 21.3. The predicted molar refractivity (Wildman–Crippen MR) is 111 cm³/mol. The lowest BCUT2D eigenvalue weighted by Crippen LogP contribution is -2.57. The first-order valence-corrected chi connectivity index (χ1v) is 9.76. The van der Waals surface area contributed by atoms with Crippen LogP contribution in [0, 0.1) is 0 Å². The highest BCUT2D eigenvalue weighted by molar-refractivity contribution is 6.43. The lowest BCUT2D eigenvalue weighted by Gasteiger charge is -2.39. The van der Waals surface area contributed by atoms with Crippen LogP contribution in [0.15, 0.2) is 36.4 Å². The van der Waals surface area contributed by atoms with Crippen LogP contribution < -0.4 is 4.74 Å². The van der Waals surface area contributed by atoms with E-state index in [1.54, 1.807) is 45.0 Å². The maximum absolute atomic E-state index is 12.0. The Morgan fingerprint density at radius 2 is 1.83 bits per heavy atom. The lowest BCUT2D eigenvalue weighted by atomic mass is 10.0. The van der Waals surface area contributed by atoms with Crippen LogP contribution in [0.1, 0.15) is 31.1 Å². The van der Waals surface area contributed by atoms with Gasteiger partial charge in [-0.1, -0.05) is 35.3 Å². The molecule has 0 radical (unpaired) electrons. The zero-order valence-electron chi connectivity index (χ0n) is 16.2. The van der Waals surface area contributed by atoms with Gasteiger partial charge in [0.15, 0.2) is 0 Å². The molecule has 0 saturated carbocycles. The number of nitrogens with zero attached hydrogens (tertiary/aromatic N) is 1. The van der Waals surface area contributed by atoms with Crippen LogP contribution in [0.2, 0.25) is 10.0 Å². The summed E-state index contributed by atoms with van der Waals surface area (Å²) in [4.78, 5) is 25.1. The summed E-state index contributed by atoms with van der Waals surface area (Å²) in [5.41, 5.74) is 0.688. The van der Waals surface area contributed by atoms with Crippen molar-refractivity contribution in [2.24, 2.45) is 0 Å². The second kappa shape index (κ2) is 8.13. The molecule has 0 bridgehead atoms. The van der Waals surface area contributed by atoms with E-state index in [-0.39, 0.29) is 11.7 Å². The molecule has 1 fully saturated rings. The number of carboxylic acid groups (broad SMARTS) is 1. The number of ether oxygens (including phenoxy) is 2. The monoisotopic (exact) mass is 437 g/mol. The van der Waals surface area contributed by atoms with Crippen molar-refractivity contribution in [1.82, 2.24) is 4.90 Å². The minimum Gasteiger partial charge on any atom is -0.487 e. The van der Waals surface area contributed by atoms with Gasteiger partial charge < -0.3 is 19.5 Å². The summed E-state index contributed by atoms with van der Waals surface area (Å²) in [5.74, 6) is -0.705. The molecule has 0 spiro atoms. The van der Waals surface area contributed by atoms with Crippen molar-refractivity contribution in [3.8, 4) is 16.9 Å². The molecule has 2 aromatic rings. The van der Waals surface area contributed by atoms with Gasteiger partial charge in [-0.05, 0) is 50.6 Å². The van der Waals surface area contributed by atoms with E-state index in [0.717, 1.165) is 0 Å². The second-order valence-corrected chi connectivity index (χ2v) is 8.56. The van der Waals surface area contributed by atoms with Gasteiger partial charge in [-0.15, -0.1) is 0 Å². The number of amides is 1. The Bertz CT molecular complexity index is 949. The molecule has 8 heteroatoms. The number of carboxylic acids is 1. The number of carbonyl (C=O) groups excluding carboxylic acids is 1. The topological polar surface area (TPSA) is 76.1 Å². The summed E-state index contributed by atoms with van der Waals surface area (Å²) < 4.78 is 11.2. The van der Waals surface area contributed by atoms with Crippen LogP contribution in [0.3, 0.4) is 0 Å². The Morgan fingerprint density at radius 1 is 1.14 bits per heavy atom. The molecule has 3 rings (SSSR count). The Kier molecular flexibility index (Phi) is 5.96. The number of likely N-dealkylation sites (tertiary alicyclic amines) is 1. The SMILES string of the molecule is CC(C)(C)OC(=O)N1CC(Oc2cc(C(=O)O)cc(-c3cccc(Cl)c3Cl)c2)C1. The summed E-state index contributed by atoms with van der Waals surface area (Å²) in [6.07, 6.45) is -0.655. The van der Waals surface area contributed by atoms with Crippen LogP contribution in [0.25, 0.3) is 11.1 Å². The van der Waals surface area contributed by atoms with Crippen molar-refractivity contribution in [2.45, 2.75) is 32.5 Å². The molecule has 29 heavy (non-hydrogen) atoms. The van der Waals surface area contributed by atoms with Crippen LogP contribution >= 0.6 is 23.2 Å². The Balaban J connectivity index is 1.77. The van der Waals surface area contributed by atoms with Crippen LogP contribution in [-0.2, 0) is 4.74 Å². The number of aromatic carboxylic acids is 1. The van der Waals surface area contributed by atoms with E-state index < -0.39 is 17.7 Å². The van der Waals surface area contributed by atoms with Crippen LogP contribution in [0.5, 0.6) is 5.75 Å². The van der Waals surface area contributed by atoms with E-state index in [1.807, 2.05) is 0 Å². The molecular formula is C21H21Cl2NO5. The Labute approximate surface area is 178 Å². The van der Waals surface area contributed by atoms with Gasteiger partial charge in [0.2, 0.25) is 0 Å². The normalized spacial score (nSPS) is 14.3. The minimum atomic E-state index is -1.08. The third-order valence-corrected chi connectivity index (χ3v) is 5.04. The van der Waals surface area contributed by atoms with Crippen molar-refractivity contribution < 1.29 is 24.2 Å². The summed E-state index contributed by atoms with van der Waals surface area (Å²) in [7, 11) is 0. The smallest absolute Gasteiger partial charge is 0.410 e. The van der Waals surface area contributed by atoms with Crippen molar-refractivity contribution in [3.63, 3.8) is 0 Å². The number of rotatable bonds is 4. The third kappa shape index (κ3) is 5.14. The highest BCUT2D eigenvalue weighted by Crippen LogP contribution is 2.36. The van der Waals surface area contributed by atoms with Gasteiger partial charge in [0, 0.05) is 5.56 Å². The molecule has 1 aliphatic rings. The predicted octanol–water partition coefficient (Wildman–Crippen LogP) is 5.36. The zero-order valence-corrected chi connectivity index (χ0v) is 17.8. The molecule has 6 nitrogen and oxygen atoms in total. The number of hydrogen-bond acceptors (Lipinski definition) is 4. The van der Waals surface area contributed by atoms with Gasteiger partial charge in [0.1, 0.15) is 17.5 Å². The van der Waals surface area contributed by atoms with E-state index in [0.29, 0.717) is 40.0 Å². The van der Waals surface area contributed by atoms with Crippen molar-refractivity contribution >= 4 is 35.3 Å². The highest BCUT2D eigenvalue weighted by atomic mass is 35.5. The fourth-order valence-electron chi connectivity index (χ4n) is 2.85. The molecule has 1 heterocycles. The third-order valence-electron chi connectivity index (χ3n) is 4.22. The van der Waals surface area contributed by atoms with E-state index in [2.05, 4.69) is 0 Å². The Hall–Kier alpha value is -2.44. The summed E-state index contributed by atoms with van der Waals surface area (Å²) >= 11 is 12.4. The van der Waals surface area contributed by atoms with Crippen LogP contribution in [-0.4, -0.2) is 46.9 Å². The molecule has 0 aliphatic carbocycles. The maximum atomic E-state index is 12.0. The standard InChI is InChI=1S/C21H21Cl2NO5/c1-21(2,3)29-20(27)24-10-15(11-24)28-14-8-12(7-13(9-14)19(25)26)16-5-4-6-17(22)18(16)23/h4-9,15H,10-11H2,1-3H3,(H,25,26). The first kappa shape index (κ1) is 21.3. The van der Waals surface area contributed by atoms with Gasteiger partial charge in [-0.2, -0.15) is 0 Å². The largest absolute Gasteiger partial charge is 0.487 e. The second-order valence-electron chi connectivity index (χ2n) is 7.78. The molecule has 1 N–H and O–H groups in total. The minimum absolute atomic E-state index is 0.0665.